The van der Waals surface area contributed by atoms with Crippen LogP contribution in [-0.4, -0.2) is 24.2 Å². The summed E-state index contributed by atoms with van der Waals surface area (Å²) in [6.45, 7) is 2.18. The summed E-state index contributed by atoms with van der Waals surface area (Å²) < 4.78 is 11.0. The Morgan fingerprint density at radius 1 is 1.17 bits per heavy atom. The van der Waals surface area contributed by atoms with Gasteiger partial charge in [-0.05, 0) is 57.1 Å². The highest BCUT2D eigenvalue weighted by Crippen LogP contribution is 2.38. The van der Waals surface area contributed by atoms with E-state index in [1.807, 2.05) is 12.3 Å². The fourth-order valence-corrected chi connectivity index (χ4v) is 4.25. The van der Waals surface area contributed by atoms with Crippen molar-refractivity contribution in [2.45, 2.75) is 70.3 Å². The zero-order valence-electron chi connectivity index (χ0n) is 14.9. The van der Waals surface area contributed by atoms with Gasteiger partial charge in [0.25, 0.3) is 0 Å². The van der Waals surface area contributed by atoms with Crippen LogP contribution in [0.2, 0.25) is 0 Å². The van der Waals surface area contributed by atoms with Gasteiger partial charge in [0.05, 0.1) is 25.3 Å². The Bertz CT molecular complexity index is 536. The number of hydrogen-bond donors (Lipinski definition) is 0. The van der Waals surface area contributed by atoms with Crippen LogP contribution < -0.4 is 4.74 Å². The van der Waals surface area contributed by atoms with E-state index < -0.39 is 0 Å². The Kier molecular flexibility index (Phi) is 5.75. The number of esters is 1. The van der Waals surface area contributed by atoms with Crippen LogP contribution in [0.15, 0.2) is 18.3 Å². The molecule has 0 aliphatic heterocycles. The molecule has 2 saturated carbocycles. The molecule has 0 spiro atoms. The molecule has 24 heavy (non-hydrogen) atoms. The Hall–Kier alpha value is -1.58. The van der Waals surface area contributed by atoms with Crippen LogP contribution in [0.1, 0.15) is 69.9 Å². The maximum Gasteiger partial charge on any atom is 0.308 e. The van der Waals surface area contributed by atoms with E-state index in [-0.39, 0.29) is 18.0 Å². The number of nitrogens with zero attached hydrogens (tertiary/aromatic N) is 1. The second kappa shape index (κ2) is 8.00. The molecule has 0 amide bonds. The predicted octanol–water partition coefficient (Wildman–Crippen LogP) is 4.49. The minimum absolute atomic E-state index is 0.0315. The Labute approximate surface area is 145 Å². The molecular weight excluding hydrogens is 302 g/mol. The van der Waals surface area contributed by atoms with Crippen LogP contribution in [-0.2, 0) is 9.53 Å². The average Bonchev–Trinajstić information content (AvgIpc) is 3.12. The standard InChI is InChI=1S/C20H29NO3/c1-14(15-6-4-3-5-7-15)24-18-10-11-19(21-13-18)16-8-9-17(12-16)20(22)23-2/h10-11,13-17H,3-9,12H2,1-2H3. The highest BCUT2D eigenvalue weighted by molar-refractivity contribution is 5.72. The van der Waals surface area contributed by atoms with Crippen LogP contribution in [0, 0.1) is 11.8 Å². The third-order valence-electron chi connectivity index (χ3n) is 5.78. The van der Waals surface area contributed by atoms with Gasteiger partial charge < -0.3 is 9.47 Å². The van der Waals surface area contributed by atoms with Crippen molar-refractivity contribution in [3.05, 3.63) is 24.0 Å². The van der Waals surface area contributed by atoms with Crippen molar-refractivity contribution in [2.24, 2.45) is 11.8 Å². The van der Waals surface area contributed by atoms with Gasteiger partial charge in [0, 0.05) is 11.6 Å². The van der Waals surface area contributed by atoms with Crippen LogP contribution in [0.5, 0.6) is 5.75 Å². The van der Waals surface area contributed by atoms with E-state index in [4.69, 9.17) is 9.47 Å². The Balaban J connectivity index is 1.54. The van der Waals surface area contributed by atoms with E-state index in [1.54, 1.807) is 0 Å². The first-order valence-electron chi connectivity index (χ1n) is 9.38. The van der Waals surface area contributed by atoms with E-state index in [1.165, 1.54) is 39.2 Å². The van der Waals surface area contributed by atoms with Gasteiger partial charge in [0.1, 0.15) is 5.75 Å². The lowest BCUT2D eigenvalue weighted by Gasteiger charge is -2.28. The lowest BCUT2D eigenvalue weighted by Crippen LogP contribution is -2.25. The number of ether oxygens (including phenoxy) is 2. The van der Waals surface area contributed by atoms with E-state index >= 15 is 0 Å². The highest BCUT2D eigenvalue weighted by Gasteiger charge is 2.32. The number of carbonyl (C=O) groups is 1. The smallest absolute Gasteiger partial charge is 0.308 e. The normalized spacial score (nSPS) is 26.1. The summed E-state index contributed by atoms with van der Waals surface area (Å²) >= 11 is 0. The second-order valence-electron chi connectivity index (χ2n) is 7.37. The first kappa shape index (κ1) is 17.2. The van der Waals surface area contributed by atoms with Crippen LogP contribution in [0.4, 0.5) is 0 Å². The molecule has 4 heteroatoms. The molecule has 0 radical (unpaired) electrons. The molecule has 1 aromatic rings. The zero-order chi connectivity index (χ0) is 16.9. The number of methoxy groups -OCH3 is 1. The molecule has 132 valence electrons. The van der Waals surface area contributed by atoms with Gasteiger partial charge in [0.15, 0.2) is 0 Å². The summed E-state index contributed by atoms with van der Waals surface area (Å²) in [6.07, 6.45) is 11.4. The van der Waals surface area contributed by atoms with Crippen molar-refractivity contribution in [3.8, 4) is 5.75 Å². The molecule has 3 unspecified atom stereocenters. The predicted molar refractivity (Wildman–Crippen MR) is 93.0 cm³/mol. The van der Waals surface area contributed by atoms with Gasteiger partial charge in [0.2, 0.25) is 0 Å². The number of carbonyl (C=O) groups excluding carboxylic acids is 1. The lowest BCUT2D eigenvalue weighted by molar-refractivity contribution is -0.145. The van der Waals surface area contributed by atoms with Gasteiger partial charge in [-0.1, -0.05) is 19.3 Å². The van der Waals surface area contributed by atoms with Crippen LogP contribution in [0.3, 0.4) is 0 Å². The molecule has 2 fully saturated rings. The van der Waals surface area contributed by atoms with E-state index in [2.05, 4.69) is 18.0 Å². The summed E-state index contributed by atoms with van der Waals surface area (Å²) in [4.78, 5) is 16.3. The molecule has 0 aromatic carbocycles. The molecule has 3 atom stereocenters. The molecule has 1 aromatic heterocycles. The molecule has 0 bridgehead atoms. The van der Waals surface area contributed by atoms with Gasteiger partial charge >= 0.3 is 5.97 Å². The maximum absolute atomic E-state index is 11.7. The average molecular weight is 331 g/mol. The zero-order valence-corrected chi connectivity index (χ0v) is 14.9. The van der Waals surface area contributed by atoms with Gasteiger partial charge in [-0.15, -0.1) is 0 Å². The first-order chi connectivity index (χ1) is 11.7. The number of aromatic nitrogens is 1. The summed E-state index contributed by atoms with van der Waals surface area (Å²) in [6, 6.07) is 4.10. The van der Waals surface area contributed by atoms with E-state index in [0.29, 0.717) is 11.8 Å². The summed E-state index contributed by atoms with van der Waals surface area (Å²) in [5.41, 5.74) is 1.07. The topological polar surface area (TPSA) is 48.4 Å². The third-order valence-corrected chi connectivity index (χ3v) is 5.78. The third kappa shape index (κ3) is 4.08. The van der Waals surface area contributed by atoms with Crippen molar-refractivity contribution >= 4 is 5.97 Å². The highest BCUT2D eigenvalue weighted by atomic mass is 16.5. The van der Waals surface area contributed by atoms with Crippen molar-refractivity contribution < 1.29 is 14.3 Å². The molecule has 0 N–H and O–H groups in total. The lowest BCUT2D eigenvalue weighted by atomic mass is 9.86. The van der Waals surface area contributed by atoms with Crippen molar-refractivity contribution in [3.63, 3.8) is 0 Å². The molecule has 2 aliphatic carbocycles. The fourth-order valence-electron chi connectivity index (χ4n) is 4.25. The van der Waals surface area contributed by atoms with Gasteiger partial charge in [-0.2, -0.15) is 0 Å². The van der Waals surface area contributed by atoms with E-state index in [0.717, 1.165) is 30.7 Å². The Morgan fingerprint density at radius 2 is 1.96 bits per heavy atom. The summed E-state index contributed by atoms with van der Waals surface area (Å²) in [7, 11) is 1.47. The van der Waals surface area contributed by atoms with Gasteiger partial charge in [-0.25, -0.2) is 0 Å². The van der Waals surface area contributed by atoms with Crippen molar-refractivity contribution in [1.82, 2.24) is 4.98 Å². The SMILES string of the molecule is COC(=O)C1CCC(c2ccc(OC(C)C3CCCCC3)cn2)C1. The molecule has 2 aliphatic rings. The molecule has 3 rings (SSSR count). The fraction of sp³-hybridized carbons (Fsp3) is 0.700. The largest absolute Gasteiger partial charge is 0.489 e. The van der Waals surface area contributed by atoms with Crippen molar-refractivity contribution in [2.75, 3.05) is 7.11 Å². The maximum atomic E-state index is 11.7. The quantitative estimate of drug-likeness (QED) is 0.746. The monoisotopic (exact) mass is 331 g/mol. The van der Waals surface area contributed by atoms with Crippen LogP contribution in [0.25, 0.3) is 0 Å². The number of pyridine rings is 1. The summed E-state index contributed by atoms with van der Waals surface area (Å²) in [5, 5.41) is 0. The minimum Gasteiger partial charge on any atom is -0.489 e. The summed E-state index contributed by atoms with van der Waals surface area (Å²) in [5.74, 6) is 1.84. The minimum atomic E-state index is -0.0845. The molecule has 1 heterocycles. The number of hydrogen-bond acceptors (Lipinski definition) is 4. The molecule has 0 saturated heterocycles. The second-order valence-corrected chi connectivity index (χ2v) is 7.37. The molecular formula is C20H29NO3. The Morgan fingerprint density at radius 3 is 2.62 bits per heavy atom. The number of rotatable bonds is 5. The molecule has 4 nitrogen and oxygen atoms in total. The van der Waals surface area contributed by atoms with Crippen LogP contribution >= 0.6 is 0 Å². The van der Waals surface area contributed by atoms with Gasteiger partial charge in [-0.3, -0.25) is 9.78 Å². The first-order valence-corrected chi connectivity index (χ1v) is 9.38. The van der Waals surface area contributed by atoms with Crippen molar-refractivity contribution in [1.29, 1.82) is 0 Å². The van der Waals surface area contributed by atoms with E-state index in [9.17, 15) is 4.79 Å².